The molecule has 12 heavy (non-hydrogen) atoms. The van der Waals surface area contributed by atoms with Gasteiger partial charge >= 0.3 is 0 Å². The highest BCUT2D eigenvalue weighted by atomic mass is 35.5. The Bertz CT molecular complexity index is 341. The number of rotatable bonds is 1. The Labute approximate surface area is 75.6 Å². The van der Waals surface area contributed by atoms with Gasteiger partial charge in [0.25, 0.3) is 0 Å². The van der Waals surface area contributed by atoms with Gasteiger partial charge < -0.3 is 4.85 Å². The van der Waals surface area contributed by atoms with Crippen LogP contribution in [-0.2, 0) is 6.54 Å². The summed E-state index contributed by atoms with van der Waals surface area (Å²) >= 11 is 5.70. The van der Waals surface area contributed by atoms with Gasteiger partial charge in [-0.1, -0.05) is 17.7 Å². The van der Waals surface area contributed by atoms with Crippen LogP contribution in [0.15, 0.2) is 12.1 Å². The summed E-state index contributed by atoms with van der Waals surface area (Å²) in [6, 6.07) is 3.21. The van der Waals surface area contributed by atoms with E-state index in [1.54, 1.807) is 19.1 Å². The summed E-state index contributed by atoms with van der Waals surface area (Å²) in [6.45, 7) is 8.26. The van der Waals surface area contributed by atoms with Gasteiger partial charge in [-0.15, -0.1) is 0 Å². The van der Waals surface area contributed by atoms with E-state index in [2.05, 4.69) is 4.85 Å². The molecule has 0 aromatic heterocycles. The smallest absolute Gasteiger partial charge is 0.244 e. The molecule has 0 aliphatic heterocycles. The maximum absolute atomic E-state index is 13.2. The van der Waals surface area contributed by atoms with E-state index in [-0.39, 0.29) is 12.4 Å². The van der Waals surface area contributed by atoms with E-state index in [1.165, 1.54) is 0 Å². The summed E-state index contributed by atoms with van der Waals surface area (Å²) < 4.78 is 13.2. The molecule has 0 aliphatic rings. The molecule has 0 heterocycles. The topological polar surface area (TPSA) is 4.36 Å². The zero-order valence-electron chi connectivity index (χ0n) is 6.56. The van der Waals surface area contributed by atoms with Crippen molar-refractivity contribution in [3.63, 3.8) is 0 Å². The molecular weight excluding hydrogens is 177 g/mol. The molecule has 0 amide bonds. The quantitative estimate of drug-likeness (QED) is 0.589. The van der Waals surface area contributed by atoms with E-state index in [1.807, 2.05) is 0 Å². The summed E-state index contributed by atoms with van der Waals surface area (Å²) in [5.41, 5.74) is 0.824. The second kappa shape index (κ2) is 3.55. The zero-order chi connectivity index (χ0) is 9.14. The SMILES string of the molecule is [C-]#[N+]Cc1c(Cl)ccc(C)c1F. The molecule has 0 aliphatic carbocycles. The number of halogens is 2. The molecule has 0 bridgehead atoms. The van der Waals surface area contributed by atoms with Crippen molar-refractivity contribution < 1.29 is 4.39 Å². The van der Waals surface area contributed by atoms with E-state index < -0.39 is 0 Å². The predicted molar refractivity (Wildman–Crippen MR) is 46.5 cm³/mol. The van der Waals surface area contributed by atoms with Gasteiger partial charge in [-0.25, -0.2) is 11.0 Å². The van der Waals surface area contributed by atoms with Crippen molar-refractivity contribution in [2.24, 2.45) is 0 Å². The van der Waals surface area contributed by atoms with Crippen LogP contribution in [0.3, 0.4) is 0 Å². The standard InChI is InChI=1S/C9H7ClFN/c1-6-3-4-8(10)7(5-12-2)9(6)11/h3-4H,5H2,1H3. The van der Waals surface area contributed by atoms with Crippen molar-refractivity contribution in [2.45, 2.75) is 13.5 Å². The van der Waals surface area contributed by atoms with Crippen LogP contribution in [-0.4, -0.2) is 0 Å². The minimum atomic E-state index is -0.362. The highest BCUT2D eigenvalue weighted by molar-refractivity contribution is 6.31. The first-order valence-corrected chi connectivity index (χ1v) is 3.81. The lowest BCUT2D eigenvalue weighted by molar-refractivity contribution is 0.605. The van der Waals surface area contributed by atoms with Gasteiger partial charge in [-0.3, -0.25) is 0 Å². The molecule has 1 nitrogen and oxygen atoms in total. The van der Waals surface area contributed by atoms with E-state index in [0.29, 0.717) is 16.1 Å². The van der Waals surface area contributed by atoms with Gasteiger partial charge in [0, 0.05) is 0 Å². The summed E-state index contributed by atoms with van der Waals surface area (Å²) in [4.78, 5) is 3.09. The maximum Gasteiger partial charge on any atom is 0.244 e. The van der Waals surface area contributed by atoms with E-state index in [0.717, 1.165) is 0 Å². The summed E-state index contributed by atoms with van der Waals surface area (Å²) in [7, 11) is 0. The number of hydrogen-bond donors (Lipinski definition) is 0. The van der Waals surface area contributed by atoms with Crippen LogP contribution in [0, 0.1) is 19.3 Å². The van der Waals surface area contributed by atoms with Crippen LogP contribution < -0.4 is 0 Å². The lowest BCUT2D eigenvalue weighted by Gasteiger charge is -2.01. The largest absolute Gasteiger partial charge is 0.312 e. The first-order chi connectivity index (χ1) is 5.66. The maximum atomic E-state index is 13.2. The average molecular weight is 184 g/mol. The molecule has 62 valence electrons. The second-order valence-electron chi connectivity index (χ2n) is 2.47. The van der Waals surface area contributed by atoms with Gasteiger partial charge in [-0.05, 0) is 18.6 Å². The molecule has 0 radical (unpaired) electrons. The van der Waals surface area contributed by atoms with Crippen molar-refractivity contribution >= 4 is 11.6 Å². The van der Waals surface area contributed by atoms with Crippen LogP contribution in [0.25, 0.3) is 4.85 Å². The van der Waals surface area contributed by atoms with Crippen LogP contribution in [0.1, 0.15) is 11.1 Å². The minimum absolute atomic E-state index is 0.00630. The summed E-state index contributed by atoms with van der Waals surface area (Å²) in [5, 5.41) is 0.328. The van der Waals surface area contributed by atoms with Crippen molar-refractivity contribution in [3.05, 3.63) is 45.5 Å². The van der Waals surface area contributed by atoms with Gasteiger partial charge in [-0.2, -0.15) is 0 Å². The second-order valence-corrected chi connectivity index (χ2v) is 2.88. The van der Waals surface area contributed by atoms with Crippen molar-refractivity contribution in [2.75, 3.05) is 0 Å². The Kier molecular flexibility index (Phi) is 2.67. The van der Waals surface area contributed by atoms with Crippen LogP contribution in [0.4, 0.5) is 4.39 Å². The first kappa shape index (κ1) is 9.02. The molecule has 0 spiro atoms. The summed E-state index contributed by atoms with van der Waals surface area (Å²) in [6.07, 6.45) is 0. The molecule has 0 saturated carbocycles. The fourth-order valence-electron chi connectivity index (χ4n) is 0.939. The third-order valence-corrected chi connectivity index (χ3v) is 1.97. The fraction of sp³-hybridized carbons (Fsp3) is 0.222. The third kappa shape index (κ3) is 1.57. The monoisotopic (exact) mass is 183 g/mol. The van der Waals surface area contributed by atoms with Gasteiger partial charge in [0.2, 0.25) is 6.54 Å². The number of hydrogen-bond acceptors (Lipinski definition) is 0. The lowest BCUT2D eigenvalue weighted by atomic mass is 10.1. The molecule has 0 fully saturated rings. The molecule has 0 atom stereocenters. The van der Waals surface area contributed by atoms with Crippen molar-refractivity contribution in [1.82, 2.24) is 0 Å². The molecule has 0 saturated heterocycles. The van der Waals surface area contributed by atoms with Crippen molar-refractivity contribution in [1.29, 1.82) is 0 Å². The predicted octanol–water partition coefficient (Wildman–Crippen LogP) is 3.21. The van der Waals surface area contributed by atoms with Gasteiger partial charge in [0.1, 0.15) is 5.82 Å². The van der Waals surface area contributed by atoms with E-state index in [4.69, 9.17) is 18.2 Å². The lowest BCUT2D eigenvalue weighted by Crippen LogP contribution is -1.92. The average Bonchev–Trinajstić information content (AvgIpc) is 2.06. The van der Waals surface area contributed by atoms with Crippen LogP contribution in [0.2, 0.25) is 5.02 Å². The first-order valence-electron chi connectivity index (χ1n) is 3.43. The Hall–Kier alpha value is -1.07. The highest BCUT2D eigenvalue weighted by Gasteiger charge is 2.11. The van der Waals surface area contributed by atoms with Gasteiger partial charge in [0.05, 0.1) is 10.6 Å². The minimum Gasteiger partial charge on any atom is -0.312 e. The summed E-state index contributed by atoms with van der Waals surface area (Å²) in [5.74, 6) is -0.362. The van der Waals surface area contributed by atoms with Crippen molar-refractivity contribution in [3.8, 4) is 0 Å². The molecule has 0 N–H and O–H groups in total. The Morgan fingerprint density at radius 2 is 2.25 bits per heavy atom. The van der Waals surface area contributed by atoms with Crippen LogP contribution >= 0.6 is 11.6 Å². The zero-order valence-corrected chi connectivity index (χ0v) is 7.32. The third-order valence-electron chi connectivity index (χ3n) is 1.62. The van der Waals surface area contributed by atoms with Crippen LogP contribution in [0.5, 0.6) is 0 Å². The molecule has 1 aromatic rings. The molecule has 3 heteroatoms. The Morgan fingerprint density at radius 1 is 1.58 bits per heavy atom. The normalized spacial score (nSPS) is 9.50. The van der Waals surface area contributed by atoms with E-state index >= 15 is 0 Å². The molecular formula is C9H7ClFN. The Balaban J connectivity index is 3.25. The number of benzene rings is 1. The molecule has 1 aromatic carbocycles. The molecule has 1 rings (SSSR count). The van der Waals surface area contributed by atoms with E-state index in [9.17, 15) is 4.39 Å². The highest BCUT2D eigenvalue weighted by Crippen LogP contribution is 2.22. The fourth-order valence-corrected chi connectivity index (χ4v) is 1.14. The number of aryl methyl sites for hydroxylation is 1. The van der Waals surface area contributed by atoms with Gasteiger partial charge in [0.15, 0.2) is 0 Å². The molecule has 0 unspecified atom stereocenters. The Morgan fingerprint density at radius 3 is 2.83 bits per heavy atom. The number of nitrogens with zero attached hydrogens (tertiary/aromatic N) is 1.